The molecule has 0 aliphatic rings. The van der Waals surface area contributed by atoms with Crippen LogP contribution in [-0.4, -0.2) is 4.98 Å². The lowest BCUT2D eigenvalue weighted by atomic mass is 10.1. The van der Waals surface area contributed by atoms with E-state index in [-0.39, 0.29) is 5.56 Å². The van der Waals surface area contributed by atoms with Crippen LogP contribution in [0.2, 0.25) is 0 Å². The molecule has 0 amide bonds. The largest absolute Gasteiger partial charge is 0.489 e. The highest BCUT2D eigenvalue weighted by atomic mass is 16.5. The molecule has 0 atom stereocenters. The molecular formula is C17H15NO2. The van der Waals surface area contributed by atoms with Crippen LogP contribution < -0.4 is 10.3 Å². The van der Waals surface area contributed by atoms with Gasteiger partial charge in [0, 0.05) is 17.0 Å². The fraction of sp³-hybridized carbons (Fsp3) is 0.118. The third-order valence-electron chi connectivity index (χ3n) is 3.27. The number of aromatic nitrogens is 1. The minimum Gasteiger partial charge on any atom is -0.489 e. The van der Waals surface area contributed by atoms with E-state index in [9.17, 15) is 4.79 Å². The number of aromatic amines is 1. The predicted octanol–water partition coefficient (Wildman–Crippen LogP) is 3.42. The van der Waals surface area contributed by atoms with Gasteiger partial charge in [-0.25, -0.2) is 0 Å². The third-order valence-corrected chi connectivity index (χ3v) is 3.27. The minimum absolute atomic E-state index is 0.0760. The molecular weight excluding hydrogens is 250 g/mol. The van der Waals surface area contributed by atoms with Crippen LogP contribution in [-0.2, 0) is 6.61 Å². The van der Waals surface area contributed by atoms with Gasteiger partial charge >= 0.3 is 0 Å². The molecule has 20 heavy (non-hydrogen) atoms. The zero-order chi connectivity index (χ0) is 13.9. The summed E-state index contributed by atoms with van der Waals surface area (Å²) in [6.07, 6.45) is 0. The second-order valence-electron chi connectivity index (χ2n) is 4.80. The van der Waals surface area contributed by atoms with Gasteiger partial charge in [0.05, 0.1) is 0 Å². The molecule has 3 rings (SSSR count). The van der Waals surface area contributed by atoms with Gasteiger partial charge in [0.15, 0.2) is 0 Å². The molecule has 1 heterocycles. The number of hydrogen-bond donors (Lipinski definition) is 1. The van der Waals surface area contributed by atoms with Gasteiger partial charge in [-0.15, -0.1) is 0 Å². The fourth-order valence-electron chi connectivity index (χ4n) is 2.23. The lowest BCUT2D eigenvalue weighted by Crippen LogP contribution is -2.05. The Morgan fingerprint density at radius 3 is 2.65 bits per heavy atom. The first-order valence-corrected chi connectivity index (χ1v) is 6.53. The van der Waals surface area contributed by atoms with Gasteiger partial charge in [-0.3, -0.25) is 4.79 Å². The molecule has 2 aromatic carbocycles. The number of hydrogen-bond acceptors (Lipinski definition) is 2. The normalized spacial score (nSPS) is 10.7. The van der Waals surface area contributed by atoms with Crippen molar-refractivity contribution in [2.75, 3.05) is 0 Å². The highest BCUT2D eigenvalue weighted by molar-refractivity contribution is 5.83. The highest BCUT2D eigenvalue weighted by Gasteiger charge is 2.02. The van der Waals surface area contributed by atoms with Crippen LogP contribution >= 0.6 is 0 Å². The maximum Gasteiger partial charge on any atom is 0.248 e. The summed E-state index contributed by atoms with van der Waals surface area (Å²) in [6.45, 7) is 2.47. The summed E-state index contributed by atoms with van der Waals surface area (Å²) in [5, 5.41) is 1.01. The van der Waals surface area contributed by atoms with Crippen LogP contribution in [0.5, 0.6) is 5.75 Å². The summed E-state index contributed by atoms with van der Waals surface area (Å²) in [5.41, 5.74) is 2.84. The summed E-state index contributed by atoms with van der Waals surface area (Å²) in [7, 11) is 0. The average molecular weight is 265 g/mol. The Morgan fingerprint density at radius 1 is 1.05 bits per heavy atom. The molecule has 3 nitrogen and oxygen atoms in total. The number of rotatable bonds is 3. The quantitative estimate of drug-likeness (QED) is 0.788. The van der Waals surface area contributed by atoms with Crippen LogP contribution in [0.1, 0.15) is 11.1 Å². The fourth-order valence-corrected chi connectivity index (χ4v) is 2.23. The second kappa shape index (κ2) is 5.21. The third kappa shape index (κ3) is 2.57. The molecule has 100 valence electrons. The Hall–Kier alpha value is -2.55. The van der Waals surface area contributed by atoms with Crippen molar-refractivity contribution < 1.29 is 4.74 Å². The summed E-state index contributed by atoms with van der Waals surface area (Å²) in [5.74, 6) is 0.802. The van der Waals surface area contributed by atoms with Crippen molar-refractivity contribution in [3.8, 4) is 5.75 Å². The molecule has 1 aromatic heterocycles. The summed E-state index contributed by atoms with van der Waals surface area (Å²) in [4.78, 5) is 14.2. The van der Waals surface area contributed by atoms with Gasteiger partial charge < -0.3 is 9.72 Å². The molecule has 0 unspecified atom stereocenters. The van der Waals surface area contributed by atoms with Crippen molar-refractivity contribution in [3.05, 3.63) is 76.1 Å². The highest BCUT2D eigenvalue weighted by Crippen LogP contribution is 2.21. The molecule has 0 saturated carbocycles. The maximum absolute atomic E-state index is 11.4. The molecule has 0 saturated heterocycles. The number of H-pyrrole nitrogens is 1. The molecule has 3 aromatic rings. The zero-order valence-electron chi connectivity index (χ0n) is 11.2. The topological polar surface area (TPSA) is 42.1 Å². The lowest BCUT2D eigenvalue weighted by molar-refractivity contribution is 0.306. The van der Waals surface area contributed by atoms with E-state index in [1.807, 2.05) is 55.5 Å². The molecule has 0 fully saturated rings. The maximum atomic E-state index is 11.4. The first-order chi connectivity index (χ1) is 9.72. The minimum atomic E-state index is -0.0760. The van der Waals surface area contributed by atoms with Crippen LogP contribution in [0, 0.1) is 6.92 Å². The van der Waals surface area contributed by atoms with Crippen molar-refractivity contribution >= 4 is 10.9 Å². The van der Waals surface area contributed by atoms with E-state index < -0.39 is 0 Å². The van der Waals surface area contributed by atoms with Gasteiger partial charge in [-0.1, -0.05) is 30.3 Å². The second-order valence-corrected chi connectivity index (χ2v) is 4.80. The van der Waals surface area contributed by atoms with Crippen molar-refractivity contribution in [1.29, 1.82) is 0 Å². The number of benzene rings is 2. The van der Waals surface area contributed by atoms with Gasteiger partial charge in [-0.2, -0.15) is 0 Å². The monoisotopic (exact) mass is 265 g/mol. The van der Waals surface area contributed by atoms with Gasteiger partial charge in [0.1, 0.15) is 12.4 Å². The van der Waals surface area contributed by atoms with Crippen LogP contribution in [0.3, 0.4) is 0 Å². The Kier molecular flexibility index (Phi) is 3.25. The van der Waals surface area contributed by atoms with Crippen molar-refractivity contribution in [1.82, 2.24) is 4.98 Å². The van der Waals surface area contributed by atoms with E-state index in [0.29, 0.717) is 6.61 Å². The van der Waals surface area contributed by atoms with Crippen molar-refractivity contribution in [3.63, 3.8) is 0 Å². The lowest BCUT2D eigenvalue weighted by Gasteiger charge is -2.08. The SMILES string of the molecule is Cc1cc(=O)[nH]c2ccc(OCc3ccccc3)cc12. The molecule has 1 N–H and O–H groups in total. The Bertz CT molecular complexity index is 791. The zero-order valence-corrected chi connectivity index (χ0v) is 11.2. The molecule has 0 spiro atoms. The standard InChI is InChI=1S/C17H15NO2/c1-12-9-17(19)18-16-8-7-14(10-15(12)16)20-11-13-5-3-2-4-6-13/h2-10H,11H2,1H3,(H,18,19). The Labute approximate surface area is 116 Å². The number of nitrogens with one attached hydrogen (secondary N) is 1. The van der Waals surface area contributed by atoms with Crippen molar-refractivity contribution in [2.45, 2.75) is 13.5 Å². The Balaban J connectivity index is 1.88. The van der Waals surface area contributed by atoms with E-state index in [0.717, 1.165) is 27.8 Å². The van der Waals surface area contributed by atoms with Crippen LogP contribution in [0.25, 0.3) is 10.9 Å². The number of aryl methyl sites for hydroxylation is 1. The predicted molar refractivity (Wildman–Crippen MR) is 80.1 cm³/mol. The van der Waals surface area contributed by atoms with E-state index in [1.54, 1.807) is 6.07 Å². The summed E-state index contributed by atoms with van der Waals surface area (Å²) in [6, 6.07) is 17.4. The summed E-state index contributed by atoms with van der Waals surface area (Å²) >= 11 is 0. The first-order valence-electron chi connectivity index (χ1n) is 6.53. The van der Waals surface area contributed by atoms with Gasteiger partial charge in [0.25, 0.3) is 0 Å². The van der Waals surface area contributed by atoms with Gasteiger partial charge in [0.2, 0.25) is 5.56 Å². The number of pyridine rings is 1. The average Bonchev–Trinajstić information content (AvgIpc) is 2.46. The number of ether oxygens (including phenoxy) is 1. The van der Waals surface area contributed by atoms with Crippen LogP contribution in [0.4, 0.5) is 0 Å². The Morgan fingerprint density at radius 2 is 1.85 bits per heavy atom. The van der Waals surface area contributed by atoms with E-state index in [2.05, 4.69) is 4.98 Å². The molecule has 0 radical (unpaired) electrons. The first kappa shape index (κ1) is 12.5. The van der Waals surface area contributed by atoms with Crippen molar-refractivity contribution in [2.24, 2.45) is 0 Å². The smallest absolute Gasteiger partial charge is 0.248 e. The van der Waals surface area contributed by atoms with Crippen LogP contribution in [0.15, 0.2) is 59.4 Å². The van der Waals surface area contributed by atoms with E-state index in [1.165, 1.54) is 0 Å². The molecule has 0 aliphatic carbocycles. The molecule has 0 bridgehead atoms. The van der Waals surface area contributed by atoms with E-state index >= 15 is 0 Å². The summed E-state index contributed by atoms with van der Waals surface area (Å²) < 4.78 is 5.79. The molecule has 0 aliphatic heterocycles. The van der Waals surface area contributed by atoms with E-state index in [4.69, 9.17) is 4.74 Å². The molecule has 3 heteroatoms. The van der Waals surface area contributed by atoms with Gasteiger partial charge in [-0.05, 0) is 36.2 Å². The number of fused-ring (bicyclic) bond motifs is 1.